The molecule has 5 rings (SSSR count). The van der Waals surface area contributed by atoms with Crippen molar-refractivity contribution >= 4 is 21.9 Å². The van der Waals surface area contributed by atoms with Gasteiger partial charge in [0.05, 0.1) is 27.8 Å². The van der Waals surface area contributed by atoms with E-state index in [2.05, 4.69) is 4.98 Å². The summed E-state index contributed by atoms with van der Waals surface area (Å²) < 4.78 is 11.3. The molecule has 5 aromatic rings. The molecule has 2 N–H and O–H groups in total. The predicted molar refractivity (Wildman–Crippen MR) is 132 cm³/mol. The molecule has 0 amide bonds. The van der Waals surface area contributed by atoms with E-state index in [4.69, 9.17) is 8.83 Å². The number of benzene rings is 2. The van der Waals surface area contributed by atoms with E-state index in [1.807, 2.05) is 26.0 Å². The van der Waals surface area contributed by atoms with E-state index < -0.39 is 17.2 Å². The number of aromatic hydroxyl groups is 2. The second-order valence-electron chi connectivity index (χ2n) is 8.94. The molecular weight excluding hydrogens is 446 g/mol. The molecule has 0 unspecified atom stereocenters. The Kier molecular flexibility index (Phi) is 5.20. The van der Waals surface area contributed by atoms with Crippen LogP contribution in [-0.4, -0.2) is 15.2 Å². The minimum atomic E-state index is -1.19. The second-order valence-corrected chi connectivity index (χ2v) is 8.94. The largest absolute Gasteiger partial charge is 0.507 e. The lowest BCUT2D eigenvalue weighted by molar-refractivity contribution is 0.441. The second kappa shape index (κ2) is 8.13. The van der Waals surface area contributed by atoms with Gasteiger partial charge in [-0.2, -0.15) is 0 Å². The molecule has 7 nitrogen and oxygen atoms in total. The molecule has 176 valence electrons. The Hall–Kier alpha value is -4.39. The quantitative estimate of drug-likeness (QED) is 0.353. The van der Waals surface area contributed by atoms with E-state index in [-0.39, 0.29) is 33.8 Å². The summed E-state index contributed by atoms with van der Waals surface area (Å²) in [4.78, 5) is 30.8. The van der Waals surface area contributed by atoms with E-state index in [9.17, 15) is 19.8 Å². The SMILES string of the molecule is Cc1cc(C)c2oc(=O)c(C(c3cccnc3)c3c(O)c4cc(C)cc(C)c4oc3=O)c(O)c2c1. The first kappa shape index (κ1) is 22.4. The van der Waals surface area contributed by atoms with Gasteiger partial charge in [0.15, 0.2) is 0 Å². The van der Waals surface area contributed by atoms with Crippen molar-refractivity contribution in [3.8, 4) is 11.5 Å². The van der Waals surface area contributed by atoms with Gasteiger partial charge in [-0.3, -0.25) is 4.98 Å². The maximum Gasteiger partial charge on any atom is 0.344 e. The van der Waals surface area contributed by atoms with E-state index in [1.54, 1.807) is 44.3 Å². The summed E-state index contributed by atoms with van der Waals surface area (Å²) in [5.41, 5.74) is 2.02. The van der Waals surface area contributed by atoms with Crippen LogP contribution in [0.4, 0.5) is 0 Å². The molecule has 3 heterocycles. The zero-order chi connectivity index (χ0) is 25.0. The average Bonchev–Trinajstić information content (AvgIpc) is 2.80. The third-order valence-electron chi connectivity index (χ3n) is 6.28. The van der Waals surface area contributed by atoms with Crippen LogP contribution in [0.1, 0.15) is 44.9 Å². The van der Waals surface area contributed by atoms with E-state index in [0.717, 1.165) is 11.1 Å². The van der Waals surface area contributed by atoms with Crippen molar-refractivity contribution in [2.24, 2.45) is 0 Å². The molecule has 0 atom stereocenters. The fourth-order valence-electron chi connectivity index (χ4n) is 4.84. The number of hydrogen-bond donors (Lipinski definition) is 2. The average molecular weight is 469 g/mol. The smallest absolute Gasteiger partial charge is 0.344 e. The molecule has 0 aliphatic rings. The molecule has 0 aliphatic carbocycles. The highest BCUT2D eigenvalue weighted by atomic mass is 16.4. The fourth-order valence-corrected chi connectivity index (χ4v) is 4.84. The monoisotopic (exact) mass is 469 g/mol. The highest BCUT2D eigenvalue weighted by Crippen LogP contribution is 2.42. The molecule has 0 fully saturated rings. The van der Waals surface area contributed by atoms with Gasteiger partial charge in [-0.25, -0.2) is 9.59 Å². The van der Waals surface area contributed by atoms with E-state index in [0.29, 0.717) is 27.5 Å². The van der Waals surface area contributed by atoms with Crippen LogP contribution in [0.15, 0.2) is 67.2 Å². The first-order valence-corrected chi connectivity index (χ1v) is 11.1. The van der Waals surface area contributed by atoms with Gasteiger partial charge in [-0.05, 0) is 73.7 Å². The number of aromatic nitrogens is 1. The van der Waals surface area contributed by atoms with Gasteiger partial charge in [0.1, 0.15) is 22.7 Å². The summed E-state index contributed by atoms with van der Waals surface area (Å²) in [6, 6.07) is 10.4. The summed E-state index contributed by atoms with van der Waals surface area (Å²) >= 11 is 0. The maximum absolute atomic E-state index is 13.3. The highest BCUT2D eigenvalue weighted by molar-refractivity contribution is 5.89. The fraction of sp³-hybridized carbons (Fsp3) is 0.179. The first-order valence-electron chi connectivity index (χ1n) is 11.1. The van der Waals surface area contributed by atoms with Crippen molar-refractivity contribution in [1.82, 2.24) is 4.98 Å². The van der Waals surface area contributed by atoms with Crippen molar-refractivity contribution in [2.75, 3.05) is 0 Å². The van der Waals surface area contributed by atoms with Gasteiger partial charge < -0.3 is 19.0 Å². The lowest BCUT2D eigenvalue weighted by Crippen LogP contribution is -2.21. The van der Waals surface area contributed by atoms with Gasteiger partial charge in [-0.15, -0.1) is 0 Å². The van der Waals surface area contributed by atoms with Crippen molar-refractivity contribution in [3.63, 3.8) is 0 Å². The van der Waals surface area contributed by atoms with Crippen LogP contribution in [0.2, 0.25) is 0 Å². The molecule has 0 saturated heterocycles. The standard InChI is InChI=1S/C28H23NO6/c1-13-8-15(3)25-18(10-13)23(30)21(27(32)34-25)20(17-6-5-7-29-12-17)22-24(31)19-11-14(2)9-16(4)26(19)35-28(22)33/h5-12,20,30-31H,1-4H3. The molecular formula is C28H23NO6. The number of aryl methyl sites for hydroxylation is 4. The molecule has 0 aliphatic heterocycles. The van der Waals surface area contributed by atoms with E-state index >= 15 is 0 Å². The van der Waals surface area contributed by atoms with Crippen LogP contribution in [0, 0.1) is 27.7 Å². The Morgan fingerprint density at radius 3 is 1.69 bits per heavy atom. The Balaban J connectivity index is 1.93. The minimum absolute atomic E-state index is 0.179. The van der Waals surface area contributed by atoms with Crippen LogP contribution >= 0.6 is 0 Å². The zero-order valence-electron chi connectivity index (χ0n) is 19.7. The van der Waals surface area contributed by atoms with Gasteiger partial charge in [-0.1, -0.05) is 18.2 Å². The number of rotatable bonds is 3. The van der Waals surface area contributed by atoms with Crippen molar-refractivity contribution < 1.29 is 19.0 Å². The summed E-state index contributed by atoms with van der Waals surface area (Å²) in [5.74, 6) is -1.83. The van der Waals surface area contributed by atoms with Crippen LogP contribution in [-0.2, 0) is 0 Å². The third kappa shape index (κ3) is 3.56. The number of nitrogens with zero attached hydrogens (tertiary/aromatic N) is 1. The Bertz CT molecular complexity index is 1640. The van der Waals surface area contributed by atoms with Crippen LogP contribution in [0.3, 0.4) is 0 Å². The van der Waals surface area contributed by atoms with Gasteiger partial charge in [0, 0.05) is 12.4 Å². The normalized spacial score (nSPS) is 11.6. The Labute approximate surface area is 199 Å². The van der Waals surface area contributed by atoms with Crippen molar-refractivity contribution in [3.05, 3.63) is 109 Å². The molecule has 35 heavy (non-hydrogen) atoms. The molecule has 0 bridgehead atoms. The van der Waals surface area contributed by atoms with Gasteiger partial charge in [0.25, 0.3) is 0 Å². The molecule has 0 saturated carbocycles. The number of pyridine rings is 1. The number of hydrogen-bond acceptors (Lipinski definition) is 7. The lowest BCUT2D eigenvalue weighted by atomic mass is 9.85. The summed E-state index contributed by atoms with van der Waals surface area (Å²) in [7, 11) is 0. The Morgan fingerprint density at radius 1 is 0.771 bits per heavy atom. The van der Waals surface area contributed by atoms with Crippen molar-refractivity contribution in [1.29, 1.82) is 0 Å². The Morgan fingerprint density at radius 2 is 1.26 bits per heavy atom. The maximum atomic E-state index is 13.3. The summed E-state index contributed by atoms with van der Waals surface area (Å²) in [6.45, 7) is 7.29. The molecule has 7 heteroatoms. The molecule has 2 aromatic carbocycles. The first-order chi connectivity index (χ1) is 16.7. The molecule has 3 aromatic heterocycles. The number of fused-ring (bicyclic) bond motifs is 2. The van der Waals surface area contributed by atoms with Crippen molar-refractivity contribution in [2.45, 2.75) is 33.6 Å². The van der Waals surface area contributed by atoms with Crippen LogP contribution < -0.4 is 11.3 Å². The topological polar surface area (TPSA) is 114 Å². The van der Waals surface area contributed by atoms with Gasteiger partial charge in [0.2, 0.25) is 0 Å². The minimum Gasteiger partial charge on any atom is -0.507 e. The molecule has 0 spiro atoms. The van der Waals surface area contributed by atoms with Gasteiger partial charge >= 0.3 is 11.3 Å². The summed E-state index contributed by atoms with van der Waals surface area (Å²) in [6.07, 6.45) is 3.02. The molecule has 0 radical (unpaired) electrons. The lowest BCUT2D eigenvalue weighted by Gasteiger charge is -2.20. The van der Waals surface area contributed by atoms with E-state index in [1.165, 1.54) is 6.20 Å². The summed E-state index contributed by atoms with van der Waals surface area (Å²) in [5, 5.41) is 23.4. The third-order valence-corrected chi connectivity index (χ3v) is 6.28. The highest BCUT2D eigenvalue weighted by Gasteiger charge is 2.33. The zero-order valence-corrected chi connectivity index (χ0v) is 19.7. The van der Waals surface area contributed by atoms with Crippen LogP contribution in [0.5, 0.6) is 11.5 Å². The predicted octanol–water partition coefficient (Wildman–Crippen LogP) is 5.12. The van der Waals surface area contributed by atoms with Crippen LogP contribution in [0.25, 0.3) is 21.9 Å².